The third kappa shape index (κ3) is 6.52. The second kappa shape index (κ2) is 10.7. The first-order valence-corrected chi connectivity index (χ1v) is 11.9. The van der Waals surface area contributed by atoms with Gasteiger partial charge in [0, 0.05) is 29.4 Å². The molecule has 1 aliphatic heterocycles. The minimum atomic E-state index is -4.56. The second-order valence-corrected chi connectivity index (χ2v) is 9.35. The number of primary amides is 1. The van der Waals surface area contributed by atoms with E-state index in [1.54, 1.807) is 36.4 Å². The van der Waals surface area contributed by atoms with Crippen LogP contribution in [0.5, 0.6) is 0 Å². The maximum atomic E-state index is 14.7. The number of aliphatic imine (C=N–C) groups is 1. The summed E-state index contributed by atoms with van der Waals surface area (Å²) in [6.07, 6.45) is -6.32. The summed E-state index contributed by atoms with van der Waals surface area (Å²) in [6, 6.07) is 12.7. The maximum Gasteiger partial charge on any atom is 0.389 e. The number of rotatable bonds is 9. The van der Waals surface area contributed by atoms with E-state index in [1.165, 1.54) is 6.07 Å². The molecule has 3 atom stereocenters. The number of hydrogen-bond donors (Lipinski definition) is 3. The molecular weight excluding hydrogens is 492 g/mol. The molecule has 3 amide bonds. The zero-order valence-electron chi connectivity index (χ0n) is 19.7. The summed E-state index contributed by atoms with van der Waals surface area (Å²) in [5.74, 6) is -5.85. The van der Waals surface area contributed by atoms with Crippen molar-refractivity contribution in [2.24, 2.45) is 28.5 Å². The van der Waals surface area contributed by atoms with Gasteiger partial charge in [0.2, 0.25) is 18.0 Å². The van der Waals surface area contributed by atoms with Crippen LogP contribution in [0.1, 0.15) is 43.2 Å². The third-order valence-electron chi connectivity index (χ3n) is 6.56. The largest absolute Gasteiger partial charge is 0.389 e. The zero-order valence-corrected chi connectivity index (χ0v) is 19.7. The predicted molar refractivity (Wildman–Crippen MR) is 128 cm³/mol. The number of amides is 3. The molecule has 1 saturated carbocycles. The van der Waals surface area contributed by atoms with Crippen molar-refractivity contribution >= 4 is 29.1 Å². The fourth-order valence-electron chi connectivity index (χ4n) is 4.49. The number of nitrogens with two attached hydrogens (primary N) is 1. The highest BCUT2D eigenvalue weighted by molar-refractivity contribution is 6.20. The Balaban J connectivity index is 1.67. The smallest absolute Gasteiger partial charge is 0.369 e. The molecule has 0 saturated heterocycles. The van der Waals surface area contributed by atoms with Gasteiger partial charge in [-0.3, -0.25) is 14.4 Å². The Morgan fingerprint density at radius 1 is 1.08 bits per heavy atom. The molecule has 1 heterocycles. The van der Waals surface area contributed by atoms with Crippen molar-refractivity contribution in [2.75, 3.05) is 5.32 Å². The number of para-hydroxylation sites is 1. The number of fused-ring (bicyclic) bond motifs is 1. The lowest BCUT2D eigenvalue weighted by atomic mass is 9.83. The molecule has 4 rings (SSSR count). The van der Waals surface area contributed by atoms with Gasteiger partial charge in [-0.25, -0.2) is 9.38 Å². The maximum absolute atomic E-state index is 14.7. The minimum Gasteiger partial charge on any atom is -0.369 e. The lowest BCUT2D eigenvalue weighted by Gasteiger charge is -2.26. The molecule has 0 unspecified atom stereocenters. The van der Waals surface area contributed by atoms with Crippen LogP contribution in [-0.4, -0.2) is 35.8 Å². The van der Waals surface area contributed by atoms with Gasteiger partial charge < -0.3 is 16.4 Å². The summed E-state index contributed by atoms with van der Waals surface area (Å²) in [4.78, 5) is 42.9. The van der Waals surface area contributed by atoms with Crippen molar-refractivity contribution in [3.63, 3.8) is 0 Å². The first-order valence-electron chi connectivity index (χ1n) is 11.9. The molecule has 0 aromatic heterocycles. The predicted octanol–water partition coefficient (Wildman–Crippen LogP) is 3.92. The summed E-state index contributed by atoms with van der Waals surface area (Å²) >= 11 is 0. The lowest BCUT2D eigenvalue weighted by Crippen LogP contribution is -2.48. The van der Waals surface area contributed by atoms with Gasteiger partial charge >= 0.3 is 6.18 Å². The number of halogens is 4. The van der Waals surface area contributed by atoms with Crippen molar-refractivity contribution in [3.05, 3.63) is 65.5 Å². The molecule has 2 aromatic carbocycles. The normalized spacial score (nSPS) is 19.1. The van der Waals surface area contributed by atoms with E-state index >= 15 is 0 Å². The average Bonchev–Trinajstić information content (AvgIpc) is 3.67. The highest BCUT2D eigenvalue weighted by atomic mass is 19.4. The summed E-state index contributed by atoms with van der Waals surface area (Å²) in [5.41, 5.74) is 6.37. The van der Waals surface area contributed by atoms with Crippen LogP contribution in [0.25, 0.3) is 0 Å². The first kappa shape index (κ1) is 26.3. The van der Waals surface area contributed by atoms with E-state index in [2.05, 4.69) is 15.6 Å². The van der Waals surface area contributed by atoms with Gasteiger partial charge in [0.25, 0.3) is 5.91 Å². The van der Waals surface area contributed by atoms with Gasteiger partial charge in [0.05, 0.1) is 11.4 Å². The Bertz CT molecular complexity index is 1210. The second-order valence-electron chi connectivity index (χ2n) is 9.35. The zero-order chi connectivity index (χ0) is 26.7. The van der Waals surface area contributed by atoms with E-state index in [1.807, 2.05) is 0 Å². The number of carbonyl (C=O) groups is 3. The Kier molecular flexibility index (Phi) is 7.60. The molecule has 0 spiro atoms. The van der Waals surface area contributed by atoms with Crippen LogP contribution in [0, 0.1) is 23.6 Å². The van der Waals surface area contributed by atoms with Gasteiger partial charge in [-0.2, -0.15) is 13.2 Å². The van der Waals surface area contributed by atoms with Crippen LogP contribution in [0.15, 0.2) is 53.5 Å². The molecule has 4 N–H and O–H groups in total. The fourth-order valence-corrected chi connectivity index (χ4v) is 4.49. The molecule has 0 radical (unpaired) electrons. The van der Waals surface area contributed by atoms with Gasteiger partial charge in [-0.05, 0) is 24.8 Å². The number of benzene rings is 2. The summed E-state index contributed by atoms with van der Waals surface area (Å²) in [6.45, 7) is 0. The Hall–Kier alpha value is -3.76. The highest BCUT2D eigenvalue weighted by Crippen LogP contribution is 2.39. The van der Waals surface area contributed by atoms with E-state index in [0.29, 0.717) is 5.56 Å². The minimum absolute atomic E-state index is 0.111. The summed E-state index contributed by atoms with van der Waals surface area (Å²) < 4.78 is 53.8. The van der Waals surface area contributed by atoms with E-state index in [-0.39, 0.29) is 29.3 Å². The van der Waals surface area contributed by atoms with Crippen molar-refractivity contribution in [2.45, 2.75) is 44.4 Å². The van der Waals surface area contributed by atoms with Crippen molar-refractivity contribution in [1.29, 1.82) is 0 Å². The van der Waals surface area contributed by atoms with Gasteiger partial charge in [0.1, 0.15) is 5.82 Å². The number of carbonyl (C=O) groups excluding carboxylic acids is 3. The summed E-state index contributed by atoms with van der Waals surface area (Å²) in [5, 5.41) is 4.81. The molecular formula is C26H26F4N4O3. The number of alkyl halides is 3. The van der Waals surface area contributed by atoms with Crippen LogP contribution in [0.3, 0.4) is 0 Å². The van der Waals surface area contributed by atoms with Gasteiger partial charge in [-0.15, -0.1) is 0 Å². The number of benzodiazepines with no additional fused rings is 1. The quantitative estimate of drug-likeness (QED) is 0.437. The van der Waals surface area contributed by atoms with Crippen molar-refractivity contribution in [3.8, 4) is 0 Å². The molecule has 37 heavy (non-hydrogen) atoms. The molecule has 0 bridgehead atoms. The fraction of sp³-hybridized carbons (Fsp3) is 0.385. The molecule has 196 valence electrons. The SMILES string of the molecule is NC(=O)[C@@H](CC1CC1)[C@@H](CCC(F)(F)F)C(=O)N[C@H]1N=C(c2ccccc2)c2cccc(F)c2NC1=O. The topological polar surface area (TPSA) is 114 Å². The van der Waals surface area contributed by atoms with Gasteiger partial charge in [-0.1, -0.05) is 55.3 Å². The lowest BCUT2D eigenvalue weighted by molar-refractivity contribution is -0.146. The summed E-state index contributed by atoms with van der Waals surface area (Å²) in [7, 11) is 0. The molecule has 1 fully saturated rings. The molecule has 7 nitrogen and oxygen atoms in total. The number of nitrogens with zero attached hydrogens (tertiary/aromatic N) is 1. The van der Waals surface area contributed by atoms with Crippen LogP contribution in [0.2, 0.25) is 0 Å². The van der Waals surface area contributed by atoms with Crippen LogP contribution < -0.4 is 16.4 Å². The molecule has 11 heteroatoms. The number of hydrogen-bond acceptors (Lipinski definition) is 4. The molecule has 2 aromatic rings. The van der Waals surface area contributed by atoms with E-state index < -0.39 is 60.6 Å². The van der Waals surface area contributed by atoms with Crippen molar-refractivity contribution in [1.82, 2.24) is 5.32 Å². The number of anilines is 1. The third-order valence-corrected chi connectivity index (χ3v) is 6.56. The molecule has 2 aliphatic rings. The Labute approximate surface area is 210 Å². The van der Waals surface area contributed by atoms with Crippen LogP contribution >= 0.6 is 0 Å². The van der Waals surface area contributed by atoms with E-state index in [0.717, 1.165) is 18.9 Å². The van der Waals surface area contributed by atoms with E-state index in [9.17, 15) is 31.9 Å². The highest BCUT2D eigenvalue weighted by Gasteiger charge is 2.41. The first-order chi connectivity index (χ1) is 17.5. The molecule has 1 aliphatic carbocycles. The number of nitrogens with one attached hydrogen (secondary N) is 2. The monoisotopic (exact) mass is 518 g/mol. The average molecular weight is 519 g/mol. The Morgan fingerprint density at radius 2 is 1.78 bits per heavy atom. The standard InChI is InChI=1S/C26H26F4N4O3/c27-19-8-4-7-17-20(15-5-2-1-3-6-15)32-23(25(37)33-21(17)19)34-24(36)16(11-12-26(28,29)30)18(22(31)35)13-14-9-10-14/h1-8,14,16,18,23H,9-13H2,(H2,31,35)(H,33,37)(H,34,36)/t16-,18+,23-/m1/s1. The van der Waals surface area contributed by atoms with Crippen LogP contribution in [0.4, 0.5) is 23.2 Å². The van der Waals surface area contributed by atoms with Crippen molar-refractivity contribution < 1.29 is 31.9 Å². The van der Waals surface area contributed by atoms with E-state index in [4.69, 9.17) is 5.73 Å². The Morgan fingerprint density at radius 3 is 2.41 bits per heavy atom. The van der Waals surface area contributed by atoms with Gasteiger partial charge in [0.15, 0.2) is 0 Å². The van der Waals surface area contributed by atoms with Crippen LogP contribution in [-0.2, 0) is 14.4 Å².